The molecular formula is C30H27N3O5. The molecule has 0 atom stereocenters. The second-order valence-corrected chi connectivity index (χ2v) is 9.02. The number of hydrogen-bond donors (Lipinski definition) is 3. The molecule has 2 heterocycles. The Labute approximate surface area is 219 Å². The van der Waals surface area contributed by atoms with Gasteiger partial charge in [0, 0.05) is 31.0 Å². The van der Waals surface area contributed by atoms with Crippen LogP contribution in [0, 0.1) is 0 Å². The van der Waals surface area contributed by atoms with Crippen LogP contribution in [-0.2, 0) is 17.6 Å². The molecule has 3 N–H and O–H groups in total. The molecule has 0 aliphatic carbocycles. The van der Waals surface area contributed by atoms with E-state index in [9.17, 15) is 15.0 Å². The van der Waals surface area contributed by atoms with Crippen molar-refractivity contribution in [1.29, 1.82) is 0 Å². The average Bonchev–Trinajstić information content (AvgIpc) is 3.23. The third-order valence-corrected chi connectivity index (χ3v) is 6.20. The maximum atomic E-state index is 11.2. The van der Waals surface area contributed by atoms with Crippen LogP contribution in [0.5, 0.6) is 17.4 Å². The SMILES string of the molecule is O=C(O)CCCOc1ccc(Cc2nc3c(Cc4ccccc4)nc(-c4ccc(O)cc4)cn3c2O)cc1. The summed E-state index contributed by atoms with van der Waals surface area (Å²) in [4.78, 5) is 20.3. The summed E-state index contributed by atoms with van der Waals surface area (Å²) in [6.45, 7) is 0.333. The van der Waals surface area contributed by atoms with E-state index in [-0.39, 0.29) is 18.1 Å². The van der Waals surface area contributed by atoms with Gasteiger partial charge in [0.25, 0.3) is 0 Å². The first kappa shape index (κ1) is 24.8. The lowest BCUT2D eigenvalue weighted by molar-refractivity contribution is -0.137. The summed E-state index contributed by atoms with van der Waals surface area (Å²) in [5.41, 5.74) is 5.33. The molecule has 192 valence electrons. The molecule has 0 saturated carbocycles. The van der Waals surface area contributed by atoms with Crippen molar-refractivity contribution in [3.63, 3.8) is 0 Å². The maximum absolute atomic E-state index is 11.2. The number of aromatic nitrogens is 3. The largest absolute Gasteiger partial charge is 0.508 e. The van der Waals surface area contributed by atoms with Crippen molar-refractivity contribution >= 4 is 11.6 Å². The number of fused-ring (bicyclic) bond motifs is 1. The maximum Gasteiger partial charge on any atom is 0.303 e. The van der Waals surface area contributed by atoms with Crippen LogP contribution in [0.15, 0.2) is 85.1 Å². The summed E-state index contributed by atoms with van der Waals surface area (Å²) in [6, 6.07) is 24.2. The van der Waals surface area contributed by atoms with Gasteiger partial charge in [-0.25, -0.2) is 9.97 Å². The van der Waals surface area contributed by atoms with E-state index >= 15 is 0 Å². The summed E-state index contributed by atoms with van der Waals surface area (Å²) in [5, 5.41) is 29.6. The number of carboxylic acids is 1. The van der Waals surface area contributed by atoms with E-state index in [0.717, 1.165) is 22.4 Å². The van der Waals surface area contributed by atoms with Gasteiger partial charge in [0.15, 0.2) is 5.65 Å². The van der Waals surface area contributed by atoms with Gasteiger partial charge in [-0.05, 0) is 53.9 Å². The molecule has 8 nitrogen and oxygen atoms in total. The van der Waals surface area contributed by atoms with Crippen LogP contribution in [0.1, 0.15) is 35.4 Å². The molecule has 8 heteroatoms. The molecule has 2 aromatic heterocycles. The van der Waals surface area contributed by atoms with Gasteiger partial charge < -0.3 is 20.1 Å². The number of rotatable bonds is 10. The van der Waals surface area contributed by atoms with Gasteiger partial charge in [0.1, 0.15) is 17.2 Å². The Morgan fingerprint density at radius 1 is 0.816 bits per heavy atom. The van der Waals surface area contributed by atoms with Crippen LogP contribution in [0.3, 0.4) is 0 Å². The van der Waals surface area contributed by atoms with Crippen molar-refractivity contribution in [2.45, 2.75) is 25.7 Å². The molecule has 5 aromatic rings. The predicted octanol–water partition coefficient (Wildman–Crippen LogP) is 5.23. The molecule has 38 heavy (non-hydrogen) atoms. The Morgan fingerprint density at radius 2 is 1.50 bits per heavy atom. The van der Waals surface area contributed by atoms with Crippen molar-refractivity contribution < 1.29 is 24.9 Å². The van der Waals surface area contributed by atoms with Crippen LogP contribution >= 0.6 is 0 Å². The highest BCUT2D eigenvalue weighted by Gasteiger charge is 2.18. The smallest absolute Gasteiger partial charge is 0.303 e. The normalized spacial score (nSPS) is 11.1. The van der Waals surface area contributed by atoms with Gasteiger partial charge in [-0.3, -0.25) is 9.20 Å². The molecule has 0 saturated heterocycles. The van der Waals surface area contributed by atoms with E-state index < -0.39 is 5.97 Å². The van der Waals surface area contributed by atoms with Crippen LogP contribution in [-0.4, -0.2) is 42.3 Å². The number of phenols is 1. The highest BCUT2D eigenvalue weighted by atomic mass is 16.5. The highest BCUT2D eigenvalue weighted by Crippen LogP contribution is 2.29. The first-order chi connectivity index (χ1) is 18.5. The molecule has 3 aromatic carbocycles. The van der Waals surface area contributed by atoms with Crippen molar-refractivity contribution in [2.75, 3.05) is 6.61 Å². The fraction of sp³-hybridized carbons (Fsp3) is 0.167. The van der Waals surface area contributed by atoms with Gasteiger partial charge in [-0.1, -0.05) is 42.5 Å². The number of nitrogens with zero attached hydrogens (tertiary/aromatic N) is 3. The zero-order chi connectivity index (χ0) is 26.5. The lowest BCUT2D eigenvalue weighted by atomic mass is 10.1. The first-order valence-electron chi connectivity index (χ1n) is 12.3. The molecule has 0 bridgehead atoms. The van der Waals surface area contributed by atoms with Gasteiger partial charge in [-0.15, -0.1) is 0 Å². The number of imidazole rings is 1. The number of phenolic OH excluding ortho intramolecular Hbond substituents is 1. The van der Waals surface area contributed by atoms with Crippen molar-refractivity contribution in [3.05, 3.63) is 108 Å². The van der Waals surface area contributed by atoms with Crippen molar-refractivity contribution in [2.24, 2.45) is 0 Å². The molecule has 0 unspecified atom stereocenters. The second kappa shape index (κ2) is 11.0. The van der Waals surface area contributed by atoms with Crippen LogP contribution in [0.4, 0.5) is 0 Å². The van der Waals surface area contributed by atoms with Gasteiger partial charge in [-0.2, -0.15) is 0 Å². The summed E-state index contributed by atoms with van der Waals surface area (Å²) in [7, 11) is 0. The minimum atomic E-state index is -0.839. The molecule has 0 aliphatic heterocycles. The Bertz CT molecular complexity index is 1550. The highest BCUT2D eigenvalue weighted by molar-refractivity contribution is 5.66. The molecule has 0 amide bonds. The zero-order valence-corrected chi connectivity index (χ0v) is 20.6. The van der Waals surface area contributed by atoms with E-state index in [4.69, 9.17) is 19.8 Å². The number of ether oxygens (including phenoxy) is 1. The Kier molecular flexibility index (Phi) is 7.21. The topological polar surface area (TPSA) is 117 Å². The third kappa shape index (κ3) is 5.75. The Morgan fingerprint density at radius 3 is 2.21 bits per heavy atom. The summed E-state index contributed by atoms with van der Waals surface area (Å²) < 4.78 is 7.28. The number of hydrogen-bond acceptors (Lipinski definition) is 6. The Balaban J connectivity index is 1.44. The van der Waals surface area contributed by atoms with Crippen LogP contribution < -0.4 is 4.74 Å². The number of carbonyl (C=O) groups is 1. The van der Waals surface area contributed by atoms with Crippen molar-refractivity contribution in [3.8, 4) is 28.6 Å². The fourth-order valence-electron chi connectivity index (χ4n) is 4.25. The van der Waals surface area contributed by atoms with E-state index in [1.54, 1.807) is 34.9 Å². The monoisotopic (exact) mass is 509 g/mol. The number of aromatic hydroxyl groups is 2. The van der Waals surface area contributed by atoms with E-state index in [1.807, 2.05) is 54.6 Å². The molecule has 5 rings (SSSR count). The Hall–Kier alpha value is -4.85. The third-order valence-electron chi connectivity index (χ3n) is 6.20. The van der Waals surface area contributed by atoms with Gasteiger partial charge >= 0.3 is 5.97 Å². The summed E-state index contributed by atoms with van der Waals surface area (Å²) in [6.07, 6.45) is 3.22. The first-order valence-corrected chi connectivity index (χ1v) is 12.3. The minimum Gasteiger partial charge on any atom is -0.508 e. The second-order valence-electron chi connectivity index (χ2n) is 9.02. The predicted molar refractivity (Wildman–Crippen MR) is 143 cm³/mol. The summed E-state index contributed by atoms with van der Waals surface area (Å²) in [5.74, 6) is 0.0364. The van der Waals surface area contributed by atoms with E-state index in [2.05, 4.69) is 0 Å². The molecule has 0 aliphatic rings. The number of benzene rings is 3. The number of carboxylic acid groups (broad SMARTS) is 1. The molecule has 0 radical (unpaired) electrons. The number of aliphatic carboxylic acids is 1. The van der Waals surface area contributed by atoms with Crippen LogP contribution in [0.25, 0.3) is 16.9 Å². The minimum absolute atomic E-state index is 0.0470. The van der Waals surface area contributed by atoms with E-state index in [1.165, 1.54) is 0 Å². The van der Waals surface area contributed by atoms with Crippen LogP contribution in [0.2, 0.25) is 0 Å². The lowest BCUT2D eigenvalue weighted by Crippen LogP contribution is -2.02. The standard InChI is InChI=1S/C30H27N3O5/c34-23-12-10-22(11-13-23)27-19-33-29(25(31-27)17-20-5-2-1-3-6-20)32-26(30(33)37)18-21-8-14-24(15-9-21)38-16-4-7-28(35)36/h1-3,5-6,8-15,19,34,37H,4,7,16-18H2,(H,35,36). The molecular weight excluding hydrogens is 482 g/mol. The van der Waals surface area contributed by atoms with E-state index in [0.29, 0.717) is 48.7 Å². The van der Waals surface area contributed by atoms with Gasteiger partial charge in [0.05, 0.1) is 18.0 Å². The average molecular weight is 510 g/mol. The zero-order valence-electron chi connectivity index (χ0n) is 20.6. The fourth-order valence-corrected chi connectivity index (χ4v) is 4.25. The quantitative estimate of drug-likeness (QED) is 0.221. The summed E-state index contributed by atoms with van der Waals surface area (Å²) >= 11 is 0. The molecule has 0 spiro atoms. The lowest BCUT2D eigenvalue weighted by Gasteiger charge is -2.08. The van der Waals surface area contributed by atoms with Crippen molar-refractivity contribution in [1.82, 2.24) is 14.4 Å². The molecule has 0 fully saturated rings. The van der Waals surface area contributed by atoms with Gasteiger partial charge in [0.2, 0.25) is 5.88 Å².